The summed E-state index contributed by atoms with van der Waals surface area (Å²) in [5.74, 6) is -0.125. The maximum absolute atomic E-state index is 11.4. The first kappa shape index (κ1) is 20.3. The third-order valence-corrected chi connectivity index (χ3v) is 3.96. The highest BCUT2D eigenvalue weighted by Gasteiger charge is 2.06. The Morgan fingerprint density at radius 1 is 0.731 bits per heavy atom. The zero-order valence-electron chi connectivity index (χ0n) is 14.3. The van der Waals surface area contributed by atoms with Gasteiger partial charge in [-0.05, 0) is 34.4 Å². The van der Waals surface area contributed by atoms with Crippen LogP contribution in [-0.4, -0.2) is 23.7 Å². The molecule has 0 aliphatic heterocycles. The van der Waals surface area contributed by atoms with E-state index in [0.29, 0.717) is 0 Å². The van der Waals surface area contributed by atoms with Crippen molar-refractivity contribution in [1.29, 1.82) is 0 Å². The molecule has 0 fully saturated rings. The van der Waals surface area contributed by atoms with Crippen LogP contribution in [0.2, 0.25) is 0 Å². The Balaban J connectivity index is 2.04. The van der Waals surface area contributed by atoms with Crippen LogP contribution in [0.5, 0.6) is 0 Å². The minimum absolute atomic E-state index is 0.200. The molecule has 2 aromatic rings. The Morgan fingerprint density at radius 2 is 1.15 bits per heavy atom. The molecule has 0 spiro atoms. The molecular weight excluding hydrogens is 375 g/mol. The van der Waals surface area contributed by atoms with Crippen molar-refractivity contribution >= 4 is 35.1 Å². The highest BCUT2D eigenvalue weighted by atomic mass is 35.5. The molecule has 0 radical (unpaired) electrons. The molecule has 0 bridgehead atoms. The van der Waals surface area contributed by atoms with E-state index in [1.807, 2.05) is 48.5 Å². The van der Waals surface area contributed by atoms with Crippen molar-refractivity contribution in [3.8, 4) is 11.1 Å². The number of halogens is 2. The number of benzene rings is 2. The third kappa shape index (κ3) is 6.70. The van der Waals surface area contributed by atoms with Gasteiger partial charge in [-0.3, -0.25) is 9.59 Å². The first-order valence-electron chi connectivity index (χ1n) is 8.24. The molecule has 0 heterocycles. The molecular formula is C20H20Cl2O4. The van der Waals surface area contributed by atoms with Crippen LogP contribution in [0.25, 0.3) is 11.1 Å². The zero-order chi connectivity index (χ0) is 18.8. The van der Waals surface area contributed by atoms with E-state index >= 15 is 0 Å². The van der Waals surface area contributed by atoms with Crippen molar-refractivity contribution in [1.82, 2.24) is 0 Å². The van der Waals surface area contributed by atoms with Gasteiger partial charge in [0.05, 0.1) is 12.8 Å². The first-order valence-corrected chi connectivity index (χ1v) is 9.30. The topological polar surface area (TPSA) is 52.6 Å². The Bertz CT molecular complexity index is 683. The summed E-state index contributed by atoms with van der Waals surface area (Å²) < 4.78 is 10.4. The van der Waals surface area contributed by atoms with Gasteiger partial charge in [-0.1, -0.05) is 36.4 Å². The van der Waals surface area contributed by atoms with Gasteiger partial charge in [0.15, 0.2) is 0 Å². The lowest BCUT2D eigenvalue weighted by Crippen LogP contribution is -2.05. The van der Waals surface area contributed by atoms with Crippen LogP contribution < -0.4 is 0 Å². The molecule has 138 valence electrons. The van der Waals surface area contributed by atoms with Crippen LogP contribution in [0.3, 0.4) is 0 Å². The SMILES string of the molecule is O=C(CCCl)OCc1cccc(-c2cccc(COC(=O)CCCl)c2)c1. The van der Waals surface area contributed by atoms with E-state index in [9.17, 15) is 9.59 Å². The number of carbonyl (C=O) groups is 2. The largest absolute Gasteiger partial charge is 0.461 e. The maximum atomic E-state index is 11.4. The zero-order valence-corrected chi connectivity index (χ0v) is 15.8. The summed E-state index contributed by atoms with van der Waals surface area (Å²) in [4.78, 5) is 22.9. The minimum Gasteiger partial charge on any atom is -0.461 e. The Labute approximate surface area is 163 Å². The molecule has 0 saturated heterocycles. The van der Waals surface area contributed by atoms with Gasteiger partial charge in [-0.2, -0.15) is 0 Å². The number of alkyl halides is 2. The van der Waals surface area contributed by atoms with E-state index < -0.39 is 0 Å². The van der Waals surface area contributed by atoms with Crippen LogP contribution in [0, 0.1) is 0 Å². The summed E-state index contributed by atoms with van der Waals surface area (Å²) in [5.41, 5.74) is 3.77. The highest BCUT2D eigenvalue weighted by molar-refractivity contribution is 6.19. The Kier molecular flexibility index (Phi) is 8.45. The molecule has 0 amide bonds. The molecule has 0 N–H and O–H groups in total. The van der Waals surface area contributed by atoms with Crippen molar-refractivity contribution in [2.75, 3.05) is 11.8 Å². The fourth-order valence-electron chi connectivity index (χ4n) is 2.31. The molecule has 2 rings (SSSR count). The molecule has 0 saturated carbocycles. The smallest absolute Gasteiger partial charge is 0.307 e. The number of hydrogen-bond acceptors (Lipinski definition) is 4. The van der Waals surface area contributed by atoms with Crippen molar-refractivity contribution in [2.45, 2.75) is 26.1 Å². The highest BCUT2D eigenvalue weighted by Crippen LogP contribution is 2.22. The number of rotatable bonds is 9. The maximum Gasteiger partial charge on any atom is 0.307 e. The van der Waals surface area contributed by atoms with Gasteiger partial charge in [0.2, 0.25) is 0 Å². The molecule has 2 aromatic carbocycles. The minimum atomic E-state index is -0.314. The van der Waals surface area contributed by atoms with Gasteiger partial charge in [0.25, 0.3) is 0 Å². The second-order valence-corrected chi connectivity index (χ2v) is 6.36. The lowest BCUT2D eigenvalue weighted by atomic mass is 10.0. The van der Waals surface area contributed by atoms with Crippen LogP contribution in [0.4, 0.5) is 0 Å². The number of hydrogen-bond donors (Lipinski definition) is 0. The number of esters is 2. The van der Waals surface area contributed by atoms with Crippen molar-refractivity contribution in [2.24, 2.45) is 0 Å². The van der Waals surface area contributed by atoms with Crippen LogP contribution in [0.1, 0.15) is 24.0 Å². The third-order valence-electron chi connectivity index (χ3n) is 3.58. The predicted octanol–water partition coefficient (Wildman–Crippen LogP) is 4.70. The summed E-state index contributed by atoms with van der Waals surface area (Å²) in [6.45, 7) is 0.415. The molecule has 0 aromatic heterocycles. The van der Waals surface area contributed by atoms with E-state index in [4.69, 9.17) is 32.7 Å². The van der Waals surface area contributed by atoms with E-state index in [1.165, 1.54) is 0 Å². The average molecular weight is 395 g/mol. The molecule has 4 nitrogen and oxygen atoms in total. The predicted molar refractivity (Wildman–Crippen MR) is 102 cm³/mol. The fraction of sp³-hybridized carbons (Fsp3) is 0.300. The monoisotopic (exact) mass is 394 g/mol. The summed E-state index contributed by atoms with van der Waals surface area (Å²) in [6.07, 6.45) is 0.400. The standard InChI is InChI=1S/C20H20Cl2O4/c21-9-7-19(23)25-13-15-3-1-5-17(11-15)18-6-2-4-16(12-18)14-26-20(24)8-10-22/h1-6,11-12H,7-10,13-14H2. The van der Waals surface area contributed by atoms with Gasteiger partial charge < -0.3 is 9.47 Å². The summed E-state index contributed by atoms with van der Waals surface area (Å²) >= 11 is 11.0. The average Bonchev–Trinajstić information content (AvgIpc) is 2.66. The van der Waals surface area contributed by atoms with Crippen LogP contribution >= 0.6 is 23.2 Å². The van der Waals surface area contributed by atoms with E-state index in [-0.39, 0.29) is 49.8 Å². The Morgan fingerprint density at radius 3 is 1.54 bits per heavy atom. The second kappa shape index (κ2) is 10.8. The van der Waals surface area contributed by atoms with E-state index in [1.54, 1.807) is 0 Å². The van der Waals surface area contributed by atoms with Crippen LogP contribution in [0.15, 0.2) is 48.5 Å². The quantitative estimate of drug-likeness (QED) is 0.456. The van der Waals surface area contributed by atoms with Gasteiger partial charge in [-0.25, -0.2) is 0 Å². The van der Waals surface area contributed by atoms with Crippen molar-refractivity contribution in [3.05, 3.63) is 59.7 Å². The molecule has 0 aliphatic rings. The summed E-state index contributed by atoms with van der Waals surface area (Å²) in [6, 6.07) is 15.5. The summed E-state index contributed by atoms with van der Waals surface area (Å²) in [5, 5.41) is 0. The number of carbonyl (C=O) groups excluding carboxylic acids is 2. The normalized spacial score (nSPS) is 10.4. The molecule has 0 unspecified atom stereocenters. The molecule has 26 heavy (non-hydrogen) atoms. The van der Waals surface area contributed by atoms with Crippen LogP contribution in [-0.2, 0) is 32.3 Å². The van der Waals surface area contributed by atoms with Gasteiger partial charge >= 0.3 is 11.9 Å². The van der Waals surface area contributed by atoms with Crippen molar-refractivity contribution in [3.63, 3.8) is 0 Å². The summed E-state index contributed by atoms with van der Waals surface area (Å²) in [7, 11) is 0. The van der Waals surface area contributed by atoms with Gasteiger partial charge in [0.1, 0.15) is 13.2 Å². The van der Waals surface area contributed by atoms with Crippen molar-refractivity contribution < 1.29 is 19.1 Å². The second-order valence-electron chi connectivity index (χ2n) is 5.60. The van der Waals surface area contributed by atoms with E-state index in [0.717, 1.165) is 22.3 Å². The number of ether oxygens (including phenoxy) is 2. The lowest BCUT2D eigenvalue weighted by Gasteiger charge is -2.09. The molecule has 0 atom stereocenters. The first-order chi connectivity index (χ1) is 12.6. The van der Waals surface area contributed by atoms with Gasteiger partial charge in [0, 0.05) is 11.8 Å². The lowest BCUT2D eigenvalue weighted by molar-refractivity contribution is -0.145. The Hall–Kier alpha value is -2.04. The van der Waals surface area contributed by atoms with Gasteiger partial charge in [-0.15, -0.1) is 23.2 Å². The van der Waals surface area contributed by atoms with E-state index in [2.05, 4.69) is 0 Å². The molecule has 6 heteroatoms. The molecule has 0 aliphatic carbocycles. The fourth-order valence-corrected chi connectivity index (χ4v) is 2.62.